The van der Waals surface area contributed by atoms with Gasteiger partial charge in [-0.25, -0.2) is 13.9 Å². The molecule has 1 aromatic carbocycles. The van der Waals surface area contributed by atoms with Crippen LogP contribution in [-0.2, 0) is 14.6 Å². The molecule has 7 heteroatoms. The zero-order valence-electron chi connectivity index (χ0n) is 11.1. The average Bonchev–Trinajstić information content (AvgIpc) is 2.46. The summed E-state index contributed by atoms with van der Waals surface area (Å²) in [6, 6.07) is 5.64. The van der Waals surface area contributed by atoms with Crippen molar-refractivity contribution in [2.24, 2.45) is 0 Å². The number of carbonyl (C=O) groups is 1. The Labute approximate surface area is 117 Å². The van der Waals surface area contributed by atoms with Crippen molar-refractivity contribution >= 4 is 15.7 Å². The van der Waals surface area contributed by atoms with Crippen LogP contribution in [0.25, 0.3) is 0 Å². The highest BCUT2D eigenvalue weighted by Gasteiger charge is 2.29. The van der Waals surface area contributed by atoms with Crippen molar-refractivity contribution in [2.75, 3.05) is 6.61 Å². The molecule has 0 aromatic heterocycles. The van der Waals surface area contributed by atoms with Crippen molar-refractivity contribution in [1.82, 2.24) is 5.48 Å². The Kier molecular flexibility index (Phi) is 5.55. The molecule has 0 saturated heterocycles. The van der Waals surface area contributed by atoms with Crippen LogP contribution >= 0.6 is 0 Å². The maximum atomic E-state index is 12.1. The number of carbonyl (C=O) groups excluding carboxylic acids is 1. The van der Waals surface area contributed by atoms with Gasteiger partial charge in [0.25, 0.3) is 5.91 Å². The maximum Gasteiger partial charge on any atom is 0.261 e. The summed E-state index contributed by atoms with van der Waals surface area (Å²) in [7, 11) is -3.85. The number of hydrogen-bond donors (Lipinski definition) is 2. The lowest BCUT2D eigenvalue weighted by Crippen LogP contribution is -2.36. The maximum absolute atomic E-state index is 12.1. The van der Waals surface area contributed by atoms with Gasteiger partial charge in [0.15, 0.2) is 9.84 Å². The molecule has 1 unspecified atom stereocenters. The van der Waals surface area contributed by atoms with E-state index in [4.69, 9.17) is 9.94 Å². The van der Waals surface area contributed by atoms with Gasteiger partial charge in [-0.3, -0.25) is 10.0 Å². The standard InChI is InChI=1S/C13H15NO5S/c1-3-4-9-19-11-5-7-12(8-6-11)20(17,18)10(2)13(15)14-16/h5-8,10,16H,9H2,1-2H3,(H,14,15). The summed E-state index contributed by atoms with van der Waals surface area (Å²) in [5.41, 5.74) is 1.33. The van der Waals surface area contributed by atoms with Gasteiger partial charge in [0.2, 0.25) is 0 Å². The normalized spacial score (nSPS) is 11.9. The van der Waals surface area contributed by atoms with E-state index in [0.29, 0.717) is 5.75 Å². The summed E-state index contributed by atoms with van der Waals surface area (Å²) in [5, 5.41) is 7.10. The first-order valence-electron chi connectivity index (χ1n) is 5.73. The third kappa shape index (κ3) is 3.73. The monoisotopic (exact) mass is 297 g/mol. The van der Waals surface area contributed by atoms with E-state index in [1.807, 2.05) is 0 Å². The molecule has 0 radical (unpaired) electrons. The zero-order valence-corrected chi connectivity index (χ0v) is 11.9. The third-order valence-electron chi connectivity index (χ3n) is 2.58. The molecule has 1 aromatic rings. The zero-order chi connectivity index (χ0) is 15.2. The Morgan fingerprint density at radius 2 is 2.00 bits per heavy atom. The van der Waals surface area contributed by atoms with E-state index in [0.717, 1.165) is 0 Å². The van der Waals surface area contributed by atoms with Crippen LogP contribution in [0.2, 0.25) is 0 Å². The van der Waals surface area contributed by atoms with Crippen LogP contribution in [0.3, 0.4) is 0 Å². The van der Waals surface area contributed by atoms with E-state index in [2.05, 4.69) is 11.8 Å². The lowest BCUT2D eigenvalue weighted by Gasteiger charge is -2.11. The molecule has 0 bridgehead atoms. The van der Waals surface area contributed by atoms with Gasteiger partial charge >= 0.3 is 0 Å². The van der Waals surface area contributed by atoms with Crippen molar-refractivity contribution < 1.29 is 23.2 Å². The number of sulfone groups is 1. The number of benzene rings is 1. The fourth-order valence-corrected chi connectivity index (χ4v) is 2.61. The fourth-order valence-electron chi connectivity index (χ4n) is 1.35. The quantitative estimate of drug-likeness (QED) is 0.475. The number of nitrogens with one attached hydrogen (secondary N) is 1. The molecule has 1 rings (SSSR count). The van der Waals surface area contributed by atoms with Crippen molar-refractivity contribution in [2.45, 2.75) is 24.0 Å². The van der Waals surface area contributed by atoms with Crippen molar-refractivity contribution in [3.8, 4) is 17.6 Å². The first-order valence-corrected chi connectivity index (χ1v) is 7.28. The van der Waals surface area contributed by atoms with E-state index in [9.17, 15) is 13.2 Å². The smallest absolute Gasteiger partial charge is 0.261 e. The van der Waals surface area contributed by atoms with Crippen LogP contribution < -0.4 is 10.2 Å². The highest BCUT2D eigenvalue weighted by molar-refractivity contribution is 7.92. The van der Waals surface area contributed by atoms with Gasteiger partial charge in [-0.05, 0) is 38.1 Å². The van der Waals surface area contributed by atoms with Crippen molar-refractivity contribution in [3.05, 3.63) is 24.3 Å². The Hall–Kier alpha value is -2.04. The molecule has 6 nitrogen and oxygen atoms in total. The minimum Gasteiger partial charge on any atom is -0.481 e. The Balaban J connectivity index is 2.91. The van der Waals surface area contributed by atoms with Crippen molar-refractivity contribution in [1.29, 1.82) is 0 Å². The molecule has 0 saturated carbocycles. The summed E-state index contributed by atoms with van der Waals surface area (Å²) in [4.78, 5) is 11.2. The lowest BCUT2D eigenvalue weighted by molar-refractivity contribution is -0.128. The summed E-state index contributed by atoms with van der Waals surface area (Å²) < 4.78 is 29.4. The highest BCUT2D eigenvalue weighted by Crippen LogP contribution is 2.20. The Morgan fingerprint density at radius 1 is 1.40 bits per heavy atom. The first-order chi connectivity index (χ1) is 9.43. The van der Waals surface area contributed by atoms with Crippen LogP contribution in [0, 0.1) is 11.8 Å². The average molecular weight is 297 g/mol. The fraction of sp³-hybridized carbons (Fsp3) is 0.308. The molecule has 0 aliphatic rings. The number of ether oxygens (including phenoxy) is 1. The van der Waals surface area contributed by atoms with Gasteiger partial charge in [-0.1, -0.05) is 5.92 Å². The predicted molar refractivity (Wildman–Crippen MR) is 72.0 cm³/mol. The molecule has 20 heavy (non-hydrogen) atoms. The van der Waals surface area contributed by atoms with Gasteiger partial charge in [0.05, 0.1) is 4.90 Å². The second-order valence-corrected chi connectivity index (χ2v) is 6.12. The molecule has 0 aliphatic heterocycles. The molecule has 0 aliphatic carbocycles. The van der Waals surface area contributed by atoms with Gasteiger partial charge < -0.3 is 4.74 Å². The van der Waals surface area contributed by atoms with Crippen LogP contribution in [0.4, 0.5) is 0 Å². The minimum atomic E-state index is -3.85. The number of hydrogen-bond acceptors (Lipinski definition) is 5. The largest absolute Gasteiger partial charge is 0.481 e. The first kappa shape index (κ1) is 16.0. The second kappa shape index (κ2) is 6.93. The summed E-state index contributed by atoms with van der Waals surface area (Å²) in [6.07, 6.45) is 0. The summed E-state index contributed by atoms with van der Waals surface area (Å²) in [6.45, 7) is 3.10. The van der Waals surface area contributed by atoms with Crippen LogP contribution in [0.1, 0.15) is 13.8 Å². The van der Waals surface area contributed by atoms with Gasteiger partial charge in [-0.15, -0.1) is 5.92 Å². The third-order valence-corrected chi connectivity index (χ3v) is 4.66. The van der Waals surface area contributed by atoms with Gasteiger partial charge in [0.1, 0.15) is 17.6 Å². The minimum absolute atomic E-state index is 0.0254. The van der Waals surface area contributed by atoms with Crippen LogP contribution in [0.15, 0.2) is 29.2 Å². The molecule has 1 atom stereocenters. The topological polar surface area (TPSA) is 92.7 Å². The Bertz CT molecular complexity index is 625. The van der Waals surface area contributed by atoms with E-state index in [-0.39, 0.29) is 11.5 Å². The van der Waals surface area contributed by atoms with E-state index in [1.165, 1.54) is 36.7 Å². The lowest BCUT2D eigenvalue weighted by atomic mass is 10.3. The molecule has 2 N–H and O–H groups in total. The van der Waals surface area contributed by atoms with Crippen LogP contribution in [0.5, 0.6) is 5.75 Å². The summed E-state index contributed by atoms with van der Waals surface area (Å²) >= 11 is 0. The van der Waals surface area contributed by atoms with Gasteiger partial charge in [0, 0.05) is 0 Å². The molecule has 0 fully saturated rings. The molecule has 108 valence electrons. The van der Waals surface area contributed by atoms with Crippen LogP contribution in [-0.4, -0.2) is 31.4 Å². The Morgan fingerprint density at radius 3 is 2.50 bits per heavy atom. The molecule has 0 spiro atoms. The molecular weight excluding hydrogens is 282 g/mol. The van der Waals surface area contributed by atoms with E-state index >= 15 is 0 Å². The number of hydroxylamine groups is 1. The molecule has 0 heterocycles. The summed E-state index contributed by atoms with van der Waals surface area (Å²) in [5.74, 6) is 4.87. The number of rotatable bonds is 5. The van der Waals surface area contributed by atoms with Crippen molar-refractivity contribution in [3.63, 3.8) is 0 Å². The molecular formula is C13H15NO5S. The van der Waals surface area contributed by atoms with E-state index < -0.39 is 21.0 Å². The highest BCUT2D eigenvalue weighted by atomic mass is 32.2. The number of amides is 1. The second-order valence-electron chi connectivity index (χ2n) is 3.85. The SMILES string of the molecule is CC#CCOc1ccc(S(=O)(=O)C(C)C(=O)NO)cc1. The van der Waals surface area contributed by atoms with Gasteiger partial charge in [-0.2, -0.15) is 0 Å². The molecule has 1 amide bonds. The predicted octanol–water partition coefficient (Wildman–Crippen LogP) is 0.756. The van der Waals surface area contributed by atoms with E-state index in [1.54, 1.807) is 6.92 Å².